The lowest BCUT2D eigenvalue weighted by atomic mass is 10.1. The molecule has 0 saturated heterocycles. The first-order chi connectivity index (χ1) is 10.6. The highest BCUT2D eigenvalue weighted by Crippen LogP contribution is 2.41. The van der Waals surface area contributed by atoms with Crippen molar-refractivity contribution in [3.8, 4) is 5.75 Å². The molecule has 1 aromatic carbocycles. The molecule has 0 bridgehead atoms. The van der Waals surface area contributed by atoms with Crippen LogP contribution in [0.15, 0.2) is 24.3 Å². The van der Waals surface area contributed by atoms with Crippen LogP contribution in [0, 0.1) is 5.92 Å². The largest absolute Gasteiger partial charge is 0.494 e. The first-order valence-corrected chi connectivity index (χ1v) is 6.59. The van der Waals surface area contributed by atoms with Gasteiger partial charge in [0.15, 0.2) is 5.92 Å². The predicted molar refractivity (Wildman–Crippen MR) is 68.1 cm³/mol. The molecular formula is C14H14F6O3. The maximum absolute atomic E-state index is 12.3. The number of hydrogen-bond donors (Lipinski definition) is 0. The molecule has 0 aliphatic carbocycles. The lowest BCUT2D eigenvalue weighted by Gasteiger charge is -2.22. The minimum Gasteiger partial charge on any atom is -0.494 e. The number of halogens is 6. The molecule has 0 saturated carbocycles. The molecule has 0 unspecified atom stereocenters. The molecule has 0 amide bonds. The molecule has 1 aromatic rings. The van der Waals surface area contributed by atoms with E-state index >= 15 is 0 Å². The van der Waals surface area contributed by atoms with E-state index in [2.05, 4.69) is 0 Å². The highest BCUT2D eigenvalue weighted by atomic mass is 19.4. The zero-order valence-electron chi connectivity index (χ0n) is 12.0. The van der Waals surface area contributed by atoms with Crippen molar-refractivity contribution in [3.63, 3.8) is 0 Å². The first-order valence-electron chi connectivity index (χ1n) is 6.59. The van der Waals surface area contributed by atoms with Crippen LogP contribution in [0.25, 0.3) is 0 Å². The third kappa shape index (κ3) is 5.99. The van der Waals surface area contributed by atoms with Crippen molar-refractivity contribution in [1.82, 2.24) is 0 Å². The van der Waals surface area contributed by atoms with Crippen LogP contribution in [0.2, 0.25) is 0 Å². The van der Waals surface area contributed by atoms with E-state index in [0.29, 0.717) is 0 Å². The number of hydrogen-bond acceptors (Lipinski definition) is 3. The third-order valence-electron chi connectivity index (χ3n) is 2.83. The number of carbonyl (C=O) groups is 1. The summed E-state index contributed by atoms with van der Waals surface area (Å²) in [6.07, 6.45) is -12.0. The van der Waals surface area contributed by atoms with Crippen LogP contribution in [-0.4, -0.2) is 31.5 Å². The van der Waals surface area contributed by atoms with Gasteiger partial charge < -0.3 is 9.47 Å². The highest BCUT2D eigenvalue weighted by molar-refractivity contribution is 5.89. The molecule has 23 heavy (non-hydrogen) atoms. The van der Waals surface area contributed by atoms with Crippen LogP contribution in [0.4, 0.5) is 26.3 Å². The zero-order valence-corrected chi connectivity index (χ0v) is 12.0. The van der Waals surface area contributed by atoms with Crippen LogP contribution in [0.1, 0.15) is 23.7 Å². The minimum absolute atomic E-state index is 0.0566. The van der Waals surface area contributed by atoms with Crippen molar-refractivity contribution in [1.29, 1.82) is 0 Å². The lowest BCUT2D eigenvalue weighted by Crippen LogP contribution is -2.37. The predicted octanol–water partition coefficient (Wildman–Crippen LogP) is 4.37. The van der Waals surface area contributed by atoms with E-state index in [9.17, 15) is 31.1 Å². The number of ether oxygens (including phenoxy) is 2. The van der Waals surface area contributed by atoms with E-state index in [1.54, 1.807) is 6.92 Å². The van der Waals surface area contributed by atoms with E-state index in [4.69, 9.17) is 9.47 Å². The lowest BCUT2D eigenvalue weighted by molar-refractivity contribution is -0.286. The van der Waals surface area contributed by atoms with Crippen LogP contribution < -0.4 is 4.74 Å². The molecule has 9 heteroatoms. The molecule has 0 heterocycles. The molecule has 0 spiro atoms. The molecule has 0 aliphatic rings. The molecule has 3 nitrogen and oxygen atoms in total. The highest BCUT2D eigenvalue weighted by Gasteiger charge is 2.56. The second-order valence-corrected chi connectivity index (χ2v) is 4.52. The van der Waals surface area contributed by atoms with Gasteiger partial charge >= 0.3 is 18.3 Å². The Morgan fingerprint density at radius 1 is 1.04 bits per heavy atom. The normalized spacial score (nSPS) is 12.3. The number of alkyl halides is 6. The summed E-state index contributed by atoms with van der Waals surface area (Å²) in [6.45, 7) is 1.03. The van der Waals surface area contributed by atoms with E-state index in [-0.39, 0.29) is 17.9 Å². The Balaban J connectivity index is 2.60. The Kier molecular flexibility index (Phi) is 6.28. The van der Waals surface area contributed by atoms with E-state index in [0.717, 1.165) is 0 Å². The van der Waals surface area contributed by atoms with Crippen LogP contribution in [-0.2, 0) is 4.74 Å². The minimum atomic E-state index is -5.38. The Morgan fingerprint density at radius 3 is 2.00 bits per heavy atom. The fourth-order valence-electron chi connectivity index (χ4n) is 1.71. The Bertz CT molecular complexity index is 493. The number of rotatable bonds is 6. The van der Waals surface area contributed by atoms with Gasteiger partial charge in [-0.3, -0.25) is 0 Å². The summed E-state index contributed by atoms with van der Waals surface area (Å²) >= 11 is 0. The molecule has 0 fully saturated rings. The molecule has 1 rings (SSSR count). The molecular weight excluding hydrogens is 330 g/mol. The van der Waals surface area contributed by atoms with Gasteiger partial charge in [-0.2, -0.15) is 26.3 Å². The number of esters is 1. The van der Waals surface area contributed by atoms with Gasteiger partial charge in [-0.05, 0) is 31.2 Å². The van der Waals surface area contributed by atoms with Crippen LogP contribution in [0.3, 0.4) is 0 Å². The summed E-state index contributed by atoms with van der Waals surface area (Å²) in [5, 5.41) is 0. The van der Waals surface area contributed by atoms with Gasteiger partial charge in [-0.1, -0.05) is 0 Å². The third-order valence-corrected chi connectivity index (χ3v) is 2.83. The smallest absolute Gasteiger partial charge is 0.400 e. The van der Waals surface area contributed by atoms with Gasteiger partial charge in [0.2, 0.25) is 0 Å². The fourth-order valence-corrected chi connectivity index (χ4v) is 1.71. The van der Waals surface area contributed by atoms with Gasteiger partial charge in [0.25, 0.3) is 0 Å². The molecule has 0 radical (unpaired) electrons. The summed E-state index contributed by atoms with van der Waals surface area (Å²) < 4.78 is 83.6. The van der Waals surface area contributed by atoms with Crippen molar-refractivity contribution < 1.29 is 40.6 Å². The topological polar surface area (TPSA) is 35.5 Å². The number of carbonyl (C=O) groups excluding carboxylic acids is 1. The molecule has 130 valence electrons. The van der Waals surface area contributed by atoms with Gasteiger partial charge in [0.05, 0.1) is 18.8 Å². The SMILES string of the molecule is CCOC(=O)c1ccc(OCCC(C(F)(F)F)C(F)(F)F)cc1. The Morgan fingerprint density at radius 2 is 1.57 bits per heavy atom. The van der Waals surface area contributed by atoms with Crippen molar-refractivity contribution in [3.05, 3.63) is 29.8 Å². The molecule has 0 atom stereocenters. The van der Waals surface area contributed by atoms with Gasteiger partial charge in [0.1, 0.15) is 5.75 Å². The quantitative estimate of drug-likeness (QED) is 0.568. The average Bonchev–Trinajstić information content (AvgIpc) is 2.41. The summed E-state index contributed by atoms with van der Waals surface area (Å²) in [7, 11) is 0. The maximum atomic E-state index is 12.3. The first kappa shape index (κ1) is 19.1. The maximum Gasteiger partial charge on any atom is 0.400 e. The summed E-state index contributed by atoms with van der Waals surface area (Å²) in [5.41, 5.74) is 0.197. The summed E-state index contributed by atoms with van der Waals surface area (Å²) in [6, 6.07) is 5.14. The van der Waals surface area contributed by atoms with Crippen LogP contribution in [0.5, 0.6) is 5.75 Å². The second-order valence-electron chi connectivity index (χ2n) is 4.52. The summed E-state index contributed by atoms with van der Waals surface area (Å²) in [5.74, 6) is -3.97. The Hall–Kier alpha value is -1.93. The van der Waals surface area contributed by atoms with Crippen molar-refractivity contribution in [2.24, 2.45) is 5.92 Å². The second kappa shape index (κ2) is 7.56. The summed E-state index contributed by atoms with van der Waals surface area (Å²) in [4.78, 5) is 11.4. The van der Waals surface area contributed by atoms with Crippen molar-refractivity contribution in [2.75, 3.05) is 13.2 Å². The molecule has 0 N–H and O–H groups in total. The van der Waals surface area contributed by atoms with E-state index in [1.807, 2.05) is 0 Å². The monoisotopic (exact) mass is 344 g/mol. The van der Waals surface area contributed by atoms with E-state index < -0.39 is 37.3 Å². The average molecular weight is 344 g/mol. The van der Waals surface area contributed by atoms with Crippen molar-refractivity contribution in [2.45, 2.75) is 25.7 Å². The molecule has 0 aliphatic heterocycles. The van der Waals surface area contributed by atoms with Gasteiger partial charge in [0, 0.05) is 6.42 Å². The standard InChI is InChI=1S/C14H14F6O3/c1-2-22-12(21)9-3-5-10(6-4-9)23-8-7-11(13(15,16)17)14(18,19)20/h3-6,11H,2,7-8H2,1H3. The molecule has 0 aromatic heterocycles. The van der Waals surface area contributed by atoms with E-state index in [1.165, 1.54) is 24.3 Å². The van der Waals surface area contributed by atoms with Gasteiger partial charge in [-0.15, -0.1) is 0 Å². The van der Waals surface area contributed by atoms with Crippen LogP contribution >= 0.6 is 0 Å². The number of benzene rings is 1. The zero-order chi connectivity index (χ0) is 17.7. The van der Waals surface area contributed by atoms with Crippen molar-refractivity contribution >= 4 is 5.97 Å². The fraction of sp³-hybridized carbons (Fsp3) is 0.500. The Labute approximate surface area is 128 Å². The van der Waals surface area contributed by atoms with Gasteiger partial charge in [-0.25, -0.2) is 4.79 Å².